The highest BCUT2D eigenvalue weighted by molar-refractivity contribution is 7.81. The summed E-state index contributed by atoms with van der Waals surface area (Å²) < 4.78 is 0. The van der Waals surface area contributed by atoms with E-state index >= 15 is 0 Å². The van der Waals surface area contributed by atoms with E-state index in [1.165, 1.54) is 0 Å². The van der Waals surface area contributed by atoms with Gasteiger partial charge < -0.3 is 0 Å². The van der Waals surface area contributed by atoms with Gasteiger partial charge in [-0.25, -0.2) is 4.98 Å². The lowest BCUT2D eigenvalue weighted by molar-refractivity contribution is 1.36. The number of hydrogen-bond acceptors (Lipinski definition) is 4. The number of thiocarbonyl (C=S) groups is 2. The zero-order valence-electron chi connectivity index (χ0n) is 10.1. The average Bonchev–Trinajstić information content (AvgIpc) is 2.89. The van der Waals surface area contributed by atoms with Crippen molar-refractivity contribution in [3.05, 3.63) is 52.5 Å². The highest BCUT2D eigenvalue weighted by atomic mass is 32.1. The van der Waals surface area contributed by atoms with Crippen molar-refractivity contribution < 1.29 is 0 Å². The number of thiazole rings is 1. The quantitative estimate of drug-likeness (QED) is 0.743. The molecule has 0 saturated carbocycles. The van der Waals surface area contributed by atoms with Crippen molar-refractivity contribution >= 4 is 56.6 Å². The maximum absolute atomic E-state index is 5.41. The molecule has 0 bridgehead atoms. The molecular formula is C15H11NS3. The van der Waals surface area contributed by atoms with Crippen molar-refractivity contribution in [3.8, 4) is 0 Å². The van der Waals surface area contributed by atoms with Gasteiger partial charge in [0.2, 0.25) is 0 Å². The Balaban J connectivity index is 1.96. The highest BCUT2D eigenvalue weighted by Crippen LogP contribution is 2.31. The summed E-state index contributed by atoms with van der Waals surface area (Å²) in [6, 6.07) is 0. The van der Waals surface area contributed by atoms with Crippen molar-refractivity contribution in [2.24, 2.45) is 0 Å². The summed E-state index contributed by atoms with van der Waals surface area (Å²) in [6.45, 7) is 0. The molecule has 0 fully saturated rings. The predicted octanol–water partition coefficient (Wildman–Crippen LogP) is 4.57. The van der Waals surface area contributed by atoms with E-state index in [1.54, 1.807) is 11.3 Å². The molecule has 1 aromatic rings. The Bertz CT molecular complexity index is 615. The topological polar surface area (TPSA) is 12.9 Å². The van der Waals surface area contributed by atoms with Gasteiger partial charge in [-0.3, -0.25) is 0 Å². The zero-order valence-corrected chi connectivity index (χ0v) is 12.6. The van der Waals surface area contributed by atoms with Gasteiger partial charge in [-0.15, -0.1) is 11.3 Å². The van der Waals surface area contributed by atoms with E-state index < -0.39 is 0 Å². The lowest BCUT2D eigenvalue weighted by Crippen LogP contribution is -1.99. The molecule has 94 valence electrons. The maximum Gasteiger partial charge on any atom is 0.125 e. The maximum atomic E-state index is 5.41. The Labute approximate surface area is 127 Å². The molecule has 0 atom stereocenters. The fraction of sp³-hybridized carbons (Fsp3) is 0.133. The fourth-order valence-corrected chi connectivity index (χ4v) is 3.70. The van der Waals surface area contributed by atoms with Crippen molar-refractivity contribution in [1.82, 2.24) is 4.98 Å². The van der Waals surface area contributed by atoms with Gasteiger partial charge in [0.15, 0.2) is 0 Å². The van der Waals surface area contributed by atoms with E-state index in [4.69, 9.17) is 24.4 Å². The smallest absolute Gasteiger partial charge is 0.125 e. The molecule has 0 N–H and O–H groups in total. The van der Waals surface area contributed by atoms with Gasteiger partial charge in [0.25, 0.3) is 0 Å². The van der Waals surface area contributed by atoms with Crippen molar-refractivity contribution in [1.29, 1.82) is 0 Å². The minimum atomic E-state index is 0.833. The summed E-state index contributed by atoms with van der Waals surface area (Å²) in [6.07, 6.45) is 15.9. The van der Waals surface area contributed by atoms with Crippen LogP contribution in [0.25, 0.3) is 11.1 Å². The third-order valence-corrected chi connectivity index (χ3v) is 4.84. The third-order valence-electron chi connectivity index (χ3n) is 3.01. The van der Waals surface area contributed by atoms with Crippen LogP contribution in [0.3, 0.4) is 0 Å². The second-order valence-corrected chi connectivity index (χ2v) is 6.32. The first-order valence-corrected chi connectivity index (χ1v) is 7.65. The number of hydrogen-bond donors (Lipinski definition) is 0. The van der Waals surface area contributed by atoms with E-state index in [-0.39, 0.29) is 0 Å². The first kappa shape index (κ1) is 12.8. The molecule has 0 unspecified atom stereocenters. The molecule has 19 heavy (non-hydrogen) atoms. The molecule has 0 radical (unpaired) electrons. The van der Waals surface area contributed by atoms with Crippen molar-refractivity contribution in [2.45, 2.75) is 12.8 Å². The van der Waals surface area contributed by atoms with Crippen LogP contribution in [0.2, 0.25) is 0 Å². The summed E-state index contributed by atoms with van der Waals surface area (Å²) in [7, 11) is 0. The number of rotatable bonds is 2. The standard InChI is InChI=1S/C15H11NS3/c17-12-7-3-1-5-10(12)14-9-16-15(19-14)11-6-2-4-8-13(11)18/h1-6,9H,7-8H2. The van der Waals surface area contributed by atoms with E-state index in [9.17, 15) is 0 Å². The van der Waals surface area contributed by atoms with Gasteiger partial charge in [-0.05, 0) is 0 Å². The summed E-state index contributed by atoms with van der Waals surface area (Å²) in [4.78, 5) is 7.58. The number of aromatic nitrogens is 1. The molecule has 0 aliphatic heterocycles. The second-order valence-electron chi connectivity index (χ2n) is 4.30. The Kier molecular flexibility index (Phi) is 3.64. The molecule has 2 aliphatic carbocycles. The van der Waals surface area contributed by atoms with Crippen LogP contribution in [-0.4, -0.2) is 14.7 Å². The number of allylic oxidation sites excluding steroid dienone is 8. The Morgan fingerprint density at radius 2 is 1.58 bits per heavy atom. The Hall–Kier alpha value is -1.23. The predicted molar refractivity (Wildman–Crippen MR) is 90.8 cm³/mol. The van der Waals surface area contributed by atoms with E-state index in [0.29, 0.717) is 0 Å². The largest absolute Gasteiger partial charge is 0.244 e. The molecular weight excluding hydrogens is 290 g/mol. The molecule has 0 aromatic carbocycles. The molecule has 0 spiro atoms. The summed E-state index contributed by atoms with van der Waals surface area (Å²) in [5.41, 5.74) is 2.20. The monoisotopic (exact) mass is 301 g/mol. The molecule has 2 aliphatic rings. The van der Waals surface area contributed by atoms with Crippen molar-refractivity contribution in [2.75, 3.05) is 0 Å². The van der Waals surface area contributed by atoms with Gasteiger partial charge >= 0.3 is 0 Å². The van der Waals surface area contributed by atoms with Crippen LogP contribution in [-0.2, 0) is 0 Å². The third kappa shape index (κ3) is 2.56. The first-order chi connectivity index (χ1) is 9.25. The van der Waals surface area contributed by atoms with E-state index in [0.717, 1.165) is 43.6 Å². The summed E-state index contributed by atoms with van der Waals surface area (Å²) in [5.74, 6) is 0. The zero-order chi connectivity index (χ0) is 13.2. The van der Waals surface area contributed by atoms with Crippen LogP contribution in [0.1, 0.15) is 22.7 Å². The van der Waals surface area contributed by atoms with Crippen LogP contribution in [0.15, 0.2) is 42.7 Å². The van der Waals surface area contributed by atoms with Gasteiger partial charge in [0.1, 0.15) is 5.01 Å². The lowest BCUT2D eigenvalue weighted by atomic mass is 10.0. The van der Waals surface area contributed by atoms with Gasteiger partial charge in [-0.1, -0.05) is 60.9 Å². The molecule has 1 nitrogen and oxygen atoms in total. The van der Waals surface area contributed by atoms with Gasteiger partial charge in [-0.2, -0.15) is 0 Å². The minimum Gasteiger partial charge on any atom is -0.244 e. The van der Waals surface area contributed by atoms with Crippen LogP contribution >= 0.6 is 35.8 Å². The molecule has 3 rings (SSSR count). The Morgan fingerprint density at radius 1 is 0.947 bits per heavy atom. The van der Waals surface area contributed by atoms with E-state index in [2.05, 4.69) is 29.3 Å². The van der Waals surface area contributed by atoms with Crippen molar-refractivity contribution in [3.63, 3.8) is 0 Å². The Morgan fingerprint density at radius 3 is 2.21 bits per heavy atom. The molecule has 4 heteroatoms. The molecule has 1 aromatic heterocycles. The second kappa shape index (κ2) is 5.41. The van der Waals surface area contributed by atoms with Crippen LogP contribution in [0, 0.1) is 0 Å². The summed E-state index contributed by atoms with van der Waals surface area (Å²) >= 11 is 12.5. The normalized spacial score (nSPS) is 18.5. The van der Waals surface area contributed by atoms with Crippen LogP contribution < -0.4 is 0 Å². The molecule has 0 saturated heterocycles. The number of nitrogens with zero attached hydrogens (tertiary/aromatic N) is 1. The van der Waals surface area contributed by atoms with Gasteiger partial charge in [0, 0.05) is 39.9 Å². The molecule has 0 amide bonds. The molecule has 1 heterocycles. The highest BCUT2D eigenvalue weighted by Gasteiger charge is 2.16. The SMILES string of the molecule is S=C1CC=CC=C1c1cnc(C2=CC=CCC2=S)s1. The van der Waals surface area contributed by atoms with Gasteiger partial charge in [0.05, 0.1) is 4.88 Å². The first-order valence-electron chi connectivity index (χ1n) is 6.02. The lowest BCUT2D eigenvalue weighted by Gasteiger charge is -2.08. The summed E-state index contributed by atoms with van der Waals surface area (Å²) in [5, 5.41) is 0.989. The minimum absolute atomic E-state index is 0.833. The fourth-order valence-electron chi connectivity index (χ4n) is 2.02. The average molecular weight is 301 g/mol. The van der Waals surface area contributed by atoms with Crippen LogP contribution in [0.5, 0.6) is 0 Å². The van der Waals surface area contributed by atoms with Crippen LogP contribution in [0.4, 0.5) is 0 Å². The van der Waals surface area contributed by atoms with E-state index in [1.807, 2.05) is 18.3 Å².